The van der Waals surface area contributed by atoms with Gasteiger partial charge in [0.25, 0.3) is 0 Å². The van der Waals surface area contributed by atoms with E-state index >= 15 is 0 Å². The fourth-order valence-corrected chi connectivity index (χ4v) is 14.3. The van der Waals surface area contributed by atoms with Gasteiger partial charge in [0.05, 0.1) is 67.1 Å². The summed E-state index contributed by atoms with van der Waals surface area (Å²) in [6, 6.07) is 31.1. The molecule has 2 spiro atoms. The molecule has 0 radical (unpaired) electrons. The molecule has 13 rings (SSSR count). The van der Waals surface area contributed by atoms with E-state index in [0.29, 0.717) is 25.7 Å². The Bertz CT molecular complexity index is 3190. The minimum atomic E-state index is -0.391. The van der Waals surface area contributed by atoms with Crippen LogP contribution in [0.4, 0.5) is 27.5 Å². The molecule has 6 aromatic heterocycles. The summed E-state index contributed by atoms with van der Waals surface area (Å²) in [6.07, 6.45) is 7.42. The molecule has 4 unspecified atom stereocenters. The van der Waals surface area contributed by atoms with Crippen molar-refractivity contribution in [1.82, 2.24) is 30.2 Å². The first kappa shape index (κ1) is 44.4. The molecule has 12 nitrogen and oxygen atoms in total. The van der Waals surface area contributed by atoms with Crippen LogP contribution in [0.2, 0.25) is 0 Å². The number of thiophene rings is 2. The number of fused-ring (bicyclic) bond motifs is 4. The Balaban J connectivity index is 0.000000152. The predicted molar refractivity (Wildman–Crippen MR) is 278 cm³/mol. The van der Waals surface area contributed by atoms with E-state index in [1.807, 2.05) is 76.0 Å². The number of thiazole rings is 2. The van der Waals surface area contributed by atoms with Crippen LogP contribution < -0.4 is 16.0 Å². The molecule has 3 aromatic carbocycles. The van der Waals surface area contributed by atoms with Gasteiger partial charge in [0.1, 0.15) is 16.3 Å². The van der Waals surface area contributed by atoms with Gasteiger partial charge in [-0.25, -0.2) is 24.7 Å². The zero-order valence-corrected chi connectivity index (χ0v) is 41.3. The normalized spacial score (nSPS) is 22.2. The molecule has 342 valence electrons. The number of nitrogens with one attached hydrogen (secondary N) is 3. The van der Waals surface area contributed by atoms with Crippen LogP contribution in [0.3, 0.4) is 0 Å². The number of halogens is 1. The smallest absolute Gasteiger partial charge is 0.410 e. The van der Waals surface area contributed by atoms with Gasteiger partial charge in [-0.3, -0.25) is 4.90 Å². The van der Waals surface area contributed by atoms with E-state index in [2.05, 4.69) is 90.5 Å². The topological polar surface area (TPSA) is 136 Å². The van der Waals surface area contributed by atoms with Gasteiger partial charge in [-0.1, -0.05) is 30.3 Å². The summed E-state index contributed by atoms with van der Waals surface area (Å²) in [7, 11) is 0. The summed E-state index contributed by atoms with van der Waals surface area (Å²) in [4.78, 5) is 38.1. The standard InChI is InChI=1S/C29H26N4O3S2.C21H20N4OS2.BrH/c34-28(36-16-19-4-2-1-3-5-19)33-12-9-22(29(33)10-13-35-17-29)26-15-21-23(8-11-30-27(21)38-26)32-20-6-7-25-24(14-20)31-18-37-25;1-2-18-17(23-12-27-18)9-13(1)25-16-4-6-22-20-14(16)10-19(28-20)15-3-7-24-21(15)5-8-26-11-21;/h1-8,11,14-15,18,22H,9-10,12-13,16-17H2,(H,30,32);1-2,4,6,9-10,12,15,24H,3,5,7-8,11H2,(H,22,25);1H. The molecule has 1 amide bonds. The van der Waals surface area contributed by atoms with Gasteiger partial charge in [0.2, 0.25) is 0 Å². The Morgan fingerprint density at radius 1 is 0.731 bits per heavy atom. The molecule has 4 aliphatic rings. The number of hydrogen-bond donors (Lipinski definition) is 3. The molecular formula is C50H47BrN8O4S4. The van der Waals surface area contributed by atoms with Crippen LogP contribution in [0.25, 0.3) is 40.9 Å². The van der Waals surface area contributed by atoms with Gasteiger partial charge >= 0.3 is 6.09 Å². The number of amides is 1. The van der Waals surface area contributed by atoms with Crippen molar-refractivity contribution in [2.45, 2.75) is 55.2 Å². The lowest BCUT2D eigenvalue weighted by Crippen LogP contribution is -2.50. The summed E-state index contributed by atoms with van der Waals surface area (Å²) >= 11 is 6.85. The van der Waals surface area contributed by atoms with Crippen molar-refractivity contribution in [2.24, 2.45) is 0 Å². The molecule has 0 bridgehead atoms. The number of pyridine rings is 2. The molecule has 3 N–H and O–H groups in total. The molecule has 4 fully saturated rings. The lowest BCUT2D eigenvalue weighted by molar-refractivity contribution is 0.0526. The number of aromatic nitrogens is 4. The lowest BCUT2D eigenvalue weighted by atomic mass is 9.83. The fourth-order valence-electron chi connectivity index (χ4n) is 10.4. The molecule has 17 heteroatoms. The highest BCUT2D eigenvalue weighted by molar-refractivity contribution is 8.93. The van der Waals surface area contributed by atoms with Crippen LogP contribution in [0, 0.1) is 0 Å². The first-order valence-corrected chi connectivity index (χ1v) is 25.8. The van der Waals surface area contributed by atoms with E-state index in [1.165, 1.54) is 31.0 Å². The second kappa shape index (κ2) is 18.8. The van der Waals surface area contributed by atoms with Crippen LogP contribution in [-0.4, -0.2) is 81.5 Å². The van der Waals surface area contributed by atoms with E-state index in [-0.39, 0.29) is 41.1 Å². The van der Waals surface area contributed by atoms with Crippen molar-refractivity contribution in [1.29, 1.82) is 0 Å². The van der Waals surface area contributed by atoms with Crippen LogP contribution in [0.5, 0.6) is 0 Å². The highest BCUT2D eigenvalue weighted by atomic mass is 79.9. The summed E-state index contributed by atoms with van der Waals surface area (Å²) in [5.41, 5.74) is 10.7. The number of nitrogens with zero attached hydrogens (tertiary/aromatic N) is 5. The average Bonchev–Trinajstić information content (AvgIpc) is 4.20. The van der Waals surface area contributed by atoms with Crippen molar-refractivity contribution in [3.63, 3.8) is 0 Å². The van der Waals surface area contributed by atoms with E-state index in [9.17, 15) is 4.79 Å². The number of hydrogen-bond acceptors (Lipinski definition) is 15. The van der Waals surface area contributed by atoms with Crippen molar-refractivity contribution >= 4 is 132 Å². The SMILES string of the molecule is Br.O=C(OCc1ccccc1)N1CCC(c2cc3c(Nc4ccc5scnc5c4)ccnc3s2)C12CCOC2.c1cc(Nc2ccc3scnc3c2)c2cc(C3CCNC34CCOC4)sc2n1. The number of rotatable bonds is 8. The molecule has 4 saturated heterocycles. The van der Waals surface area contributed by atoms with E-state index in [0.717, 1.165) is 93.4 Å². The third kappa shape index (κ3) is 8.47. The second-order valence-corrected chi connectivity index (χ2v) is 21.3. The third-order valence-corrected chi connectivity index (χ3v) is 17.7. The number of likely N-dealkylation sites (tertiary alicyclic amines) is 1. The highest BCUT2D eigenvalue weighted by Crippen LogP contribution is 2.51. The quantitative estimate of drug-likeness (QED) is 0.134. The minimum Gasteiger partial charge on any atom is -0.445 e. The Morgan fingerprint density at radius 2 is 1.36 bits per heavy atom. The maximum atomic E-state index is 13.3. The van der Waals surface area contributed by atoms with Gasteiger partial charge in [0, 0.05) is 75.9 Å². The molecule has 0 aliphatic carbocycles. The highest BCUT2D eigenvalue weighted by Gasteiger charge is 2.55. The molecule has 10 heterocycles. The summed E-state index contributed by atoms with van der Waals surface area (Å²) in [6.45, 7) is 4.84. The van der Waals surface area contributed by atoms with Crippen LogP contribution >= 0.6 is 62.3 Å². The predicted octanol–water partition coefficient (Wildman–Crippen LogP) is 12.4. The second-order valence-electron chi connectivity index (χ2n) is 17.4. The summed E-state index contributed by atoms with van der Waals surface area (Å²) < 4.78 is 19.8. The van der Waals surface area contributed by atoms with Crippen LogP contribution in [-0.2, 0) is 20.8 Å². The lowest BCUT2D eigenvalue weighted by Gasteiger charge is -2.36. The number of carbonyl (C=O) groups is 1. The Morgan fingerprint density at radius 3 is 1.97 bits per heavy atom. The molecule has 9 aromatic rings. The van der Waals surface area contributed by atoms with Crippen LogP contribution in [0.15, 0.2) is 114 Å². The zero-order chi connectivity index (χ0) is 44.1. The van der Waals surface area contributed by atoms with Crippen molar-refractivity contribution < 1.29 is 19.0 Å². The van der Waals surface area contributed by atoms with E-state index in [4.69, 9.17) is 14.2 Å². The number of benzene rings is 3. The summed E-state index contributed by atoms with van der Waals surface area (Å²) in [5.74, 6) is 0.682. The van der Waals surface area contributed by atoms with Crippen LogP contribution in [0.1, 0.15) is 52.8 Å². The third-order valence-electron chi connectivity index (χ3n) is 13.7. The Hall–Kier alpha value is -5.11. The van der Waals surface area contributed by atoms with Gasteiger partial charge in [-0.15, -0.1) is 62.3 Å². The van der Waals surface area contributed by atoms with Crippen molar-refractivity contribution in [2.75, 3.05) is 50.2 Å². The molecular weight excluding hydrogens is 985 g/mol. The van der Waals surface area contributed by atoms with Crippen molar-refractivity contribution in [3.05, 3.63) is 130 Å². The maximum absolute atomic E-state index is 13.3. The van der Waals surface area contributed by atoms with Gasteiger partial charge in [-0.05, 0) is 98.5 Å². The number of anilines is 4. The first-order valence-electron chi connectivity index (χ1n) is 22.4. The summed E-state index contributed by atoms with van der Waals surface area (Å²) in [5, 5.41) is 13.2. The molecule has 0 saturated carbocycles. The first-order chi connectivity index (χ1) is 32.5. The largest absolute Gasteiger partial charge is 0.445 e. The molecule has 67 heavy (non-hydrogen) atoms. The van der Waals surface area contributed by atoms with Gasteiger partial charge in [-0.2, -0.15) is 0 Å². The molecule has 4 atom stereocenters. The number of carbonyl (C=O) groups excluding carboxylic acids is 1. The average molecular weight is 1030 g/mol. The van der Waals surface area contributed by atoms with Gasteiger partial charge in [0.15, 0.2) is 0 Å². The van der Waals surface area contributed by atoms with E-state index in [1.54, 1.807) is 34.0 Å². The minimum absolute atomic E-state index is 0. The fraction of sp³-hybridized carbons (Fsp3) is 0.300. The van der Waals surface area contributed by atoms with E-state index < -0.39 is 5.54 Å². The Labute approximate surface area is 413 Å². The zero-order valence-electron chi connectivity index (χ0n) is 36.3. The molecule has 4 aliphatic heterocycles. The monoisotopic (exact) mass is 1030 g/mol. The number of ether oxygens (including phenoxy) is 3. The Kier molecular flexibility index (Phi) is 12.4. The van der Waals surface area contributed by atoms with Gasteiger partial charge < -0.3 is 30.2 Å². The maximum Gasteiger partial charge on any atom is 0.410 e. The van der Waals surface area contributed by atoms with Crippen molar-refractivity contribution in [3.8, 4) is 0 Å².